The topological polar surface area (TPSA) is 77.0 Å². The zero-order valence-corrected chi connectivity index (χ0v) is 21.1. The zero-order chi connectivity index (χ0) is 21.4. The standard InChI is InChI=1S/C19H41NO5Si2/c1-13(22)20-15-14(12-21)23-17(25-27(10,11)19(5,6)7)16(15)24-26(8,9)18(2,3)4/h14-17,21H,12H2,1-11H3,(H,20,22)/t14-,15?,16+,17+/m1/s1. The molecule has 0 aromatic carbocycles. The van der Waals surface area contributed by atoms with Crippen molar-refractivity contribution in [3.63, 3.8) is 0 Å². The summed E-state index contributed by atoms with van der Waals surface area (Å²) in [6.07, 6.45) is -1.59. The van der Waals surface area contributed by atoms with Crippen molar-refractivity contribution >= 4 is 22.5 Å². The summed E-state index contributed by atoms with van der Waals surface area (Å²) in [5, 5.41) is 12.8. The summed E-state index contributed by atoms with van der Waals surface area (Å²) in [4.78, 5) is 11.8. The number of carbonyl (C=O) groups excluding carboxylic acids is 1. The molecule has 4 atom stereocenters. The van der Waals surface area contributed by atoms with Gasteiger partial charge in [0.15, 0.2) is 22.9 Å². The van der Waals surface area contributed by atoms with Crippen LogP contribution in [0.15, 0.2) is 0 Å². The number of nitrogens with one attached hydrogen (secondary N) is 1. The van der Waals surface area contributed by atoms with Gasteiger partial charge in [-0.05, 0) is 36.3 Å². The molecule has 1 amide bonds. The Bertz CT molecular complexity index is 525. The van der Waals surface area contributed by atoms with Crippen molar-refractivity contribution in [3.05, 3.63) is 0 Å². The molecule has 6 nitrogen and oxygen atoms in total. The first-order valence-electron chi connectivity index (χ1n) is 9.82. The molecule has 2 N–H and O–H groups in total. The Morgan fingerprint density at radius 2 is 1.44 bits per heavy atom. The molecule has 0 bridgehead atoms. The van der Waals surface area contributed by atoms with E-state index in [4.69, 9.17) is 13.6 Å². The normalized spacial score (nSPS) is 27.7. The number of hydrogen-bond acceptors (Lipinski definition) is 5. The van der Waals surface area contributed by atoms with Gasteiger partial charge >= 0.3 is 0 Å². The van der Waals surface area contributed by atoms with E-state index in [1.807, 2.05) is 0 Å². The van der Waals surface area contributed by atoms with Gasteiger partial charge in [0, 0.05) is 6.92 Å². The quantitative estimate of drug-likeness (QED) is 0.643. The van der Waals surface area contributed by atoms with Crippen molar-refractivity contribution in [1.29, 1.82) is 0 Å². The van der Waals surface area contributed by atoms with Gasteiger partial charge in [0.2, 0.25) is 5.91 Å². The third kappa shape index (κ3) is 5.87. The van der Waals surface area contributed by atoms with E-state index < -0.39 is 41.2 Å². The van der Waals surface area contributed by atoms with Crippen LogP contribution in [0.5, 0.6) is 0 Å². The van der Waals surface area contributed by atoms with Gasteiger partial charge in [0.25, 0.3) is 0 Å². The molecule has 1 saturated heterocycles. The van der Waals surface area contributed by atoms with E-state index in [1.54, 1.807) is 0 Å². The molecular formula is C19H41NO5Si2. The minimum Gasteiger partial charge on any atom is -0.407 e. The monoisotopic (exact) mass is 419 g/mol. The smallest absolute Gasteiger partial charge is 0.217 e. The molecule has 160 valence electrons. The molecule has 0 saturated carbocycles. The highest BCUT2D eigenvalue weighted by Gasteiger charge is 2.53. The lowest BCUT2D eigenvalue weighted by atomic mass is 10.1. The minimum atomic E-state index is -2.15. The lowest BCUT2D eigenvalue weighted by molar-refractivity contribution is -0.121. The second-order valence-corrected chi connectivity index (χ2v) is 20.2. The summed E-state index contributed by atoms with van der Waals surface area (Å²) in [6, 6.07) is -0.434. The maximum atomic E-state index is 11.8. The van der Waals surface area contributed by atoms with Gasteiger partial charge in [-0.3, -0.25) is 4.79 Å². The number of amides is 1. The van der Waals surface area contributed by atoms with Crippen LogP contribution in [0, 0.1) is 0 Å². The molecule has 8 heteroatoms. The number of ether oxygens (including phenoxy) is 1. The zero-order valence-electron chi connectivity index (χ0n) is 19.1. The lowest BCUT2D eigenvalue weighted by Gasteiger charge is -2.43. The van der Waals surface area contributed by atoms with Crippen LogP contribution >= 0.6 is 0 Å². The predicted octanol–water partition coefficient (Wildman–Crippen LogP) is 3.62. The van der Waals surface area contributed by atoms with Crippen molar-refractivity contribution < 1.29 is 23.5 Å². The van der Waals surface area contributed by atoms with E-state index >= 15 is 0 Å². The molecule has 1 rings (SSSR count). The van der Waals surface area contributed by atoms with E-state index in [9.17, 15) is 9.90 Å². The van der Waals surface area contributed by atoms with Crippen LogP contribution in [-0.2, 0) is 18.4 Å². The van der Waals surface area contributed by atoms with Crippen molar-refractivity contribution in [2.45, 2.75) is 109 Å². The van der Waals surface area contributed by atoms with Gasteiger partial charge < -0.3 is 24.0 Å². The Hall–Kier alpha value is -0.256. The molecule has 0 radical (unpaired) electrons. The molecule has 0 aromatic heterocycles. The largest absolute Gasteiger partial charge is 0.407 e. The van der Waals surface area contributed by atoms with Crippen LogP contribution < -0.4 is 5.32 Å². The van der Waals surface area contributed by atoms with E-state index in [0.717, 1.165) is 0 Å². The van der Waals surface area contributed by atoms with E-state index in [2.05, 4.69) is 73.0 Å². The molecule has 1 aliphatic rings. The summed E-state index contributed by atoms with van der Waals surface area (Å²) in [7, 11) is -4.27. The number of carbonyl (C=O) groups is 1. The Morgan fingerprint density at radius 1 is 1.00 bits per heavy atom. The summed E-state index contributed by atoms with van der Waals surface area (Å²) >= 11 is 0. The highest BCUT2D eigenvalue weighted by atomic mass is 28.4. The molecule has 0 spiro atoms. The van der Waals surface area contributed by atoms with Crippen LogP contribution in [0.2, 0.25) is 36.3 Å². The van der Waals surface area contributed by atoms with Crippen LogP contribution in [0.25, 0.3) is 0 Å². The fourth-order valence-electron chi connectivity index (χ4n) is 2.49. The number of rotatable bonds is 6. The summed E-state index contributed by atoms with van der Waals surface area (Å²) in [5.74, 6) is -0.168. The van der Waals surface area contributed by atoms with Crippen LogP contribution in [0.1, 0.15) is 48.5 Å². The summed E-state index contributed by atoms with van der Waals surface area (Å²) in [5.41, 5.74) is 0. The highest BCUT2D eigenvalue weighted by molar-refractivity contribution is 6.74. The van der Waals surface area contributed by atoms with Crippen molar-refractivity contribution in [1.82, 2.24) is 5.32 Å². The Balaban J connectivity index is 3.24. The number of aliphatic hydroxyl groups excluding tert-OH is 1. The van der Waals surface area contributed by atoms with Crippen LogP contribution in [0.4, 0.5) is 0 Å². The molecule has 1 aliphatic heterocycles. The van der Waals surface area contributed by atoms with Crippen LogP contribution in [0.3, 0.4) is 0 Å². The van der Waals surface area contributed by atoms with Gasteiger partial charge in [0.1, 0.15) is 12.2 Å². The van der Waals surface area contributed by atoms with Crippen LogP contribution in [-0.4, -0.2) is 58.8 Å². The SMILES string of the molecule is CC(=O)NC1[C@@H](CO)O[C@@H](O[Si](C)(C)C(C)(C)C)[C@H]1O[Si](C)(C)C(C)(C)C. The average molecular weight is 420 g/mol. The fourth-order valence-corrected chi connectivity index (χ4v) is 4.91. The molecular weight excluding hydrogens is 378 g/mol. The van der Waals surface area contributed by atoms with Gasteiger partial charge in [-0.15, -0.1) is 0 Å². The maximum absolute atomic E-state index is 11.8. The molecule has 1 unspecified atom stereocenters. The van der Waals surface area contributed by atoms with E-state index in [0.29, 0.717) is 0 Å². The third-order valence-electron chi connectivity index (χ3n) is 6.34. The number of hydrogen-bond donors (Lipinski definition) is 2. The van der Waals surface area contributed by atoms with E-state index in [-0.39, 0.29) is 22.6 Å². The number of aliphatic hydroxyl groups is 1. The summed E-state index contributed by atoms with van der Waals surface area (Å²) in [6.45, 7) is 23.0. The highest BCUT2D eigenvalue weighted by Crippen LogP contribution is 2.43. The van der Waals surface area contributed by atoms with Crippen molar-refractivity contribution in [3.8, 4) is 0 Å². The second-order valence-electron chi connectivity index (χ2n) is 10.7. The van der Waals surface area contributed by atoms with Crippen molar-refractivity contribution in [2.75, 3.05) is 6.61 Å². The first-order valence-corrected chi connectivity index (χ1v) is 15.6. The van der Waals surface area contributed by atoms with E-state index in [1.165, 1.54) is 6.92 Å². The predicted molar refractivity (Wildman–Crippen MR) is 114 cm³/mol. The Labute approximate surface area is 167 Å². The first-order chi connectivity index (χ1) is 11.9. The molecule has 1 fully saturated rings. The first kappa shape index (κ1) is 24.8. The van der Waals surface area contributed by atoms with Crippen molar-refractivity contribution in [2.24, 2.45) is 0 Å². The molecule has 1 heterocycles. The molecule has 0 aliphatic carbocycles. The maximum Gasteiger partial charge on any atom is 0.217 e. The second kappa shape index (κ2) is 8.24. The lowest BCUT2D eigenvalue weighted by Crippen LogP contribution is -2.56. The molecule has 27 heavy (non-hydrogen) atoms. The van der Waals surface area contributed by atoms with Gasteiger partial charge in [-0.2, -0.15) is 0 Å². The molecule has 0 aromatic rings. The third-order valence-corrected chi connectivity index (χ3v) is 15.2. The van der Waals surface area contributed by atoms with Gasteiger partial charge in [-0.25, -0.2) is 0 Å². The van der Waals surface area contributed by atoms with Gasteiger partial charge in [-0.1, -0.05) is 41.5 Å². The Kier molecular flexibility index (Phi) is 7.56. The summed E-state index contributed by atoms with van der Waals surface area (Å²) < 4.78 is 19.3. The Morgan fingerprint density at radius 3 is 1.81 bits per heavy atom. The average Bonchev–Trinajstić information content (AvgIpc) is 2.72. The van der Waals surface area contributed by atoms with Gasteiger partial charge in [0.05, 0.1) is 12.6 Å². The minimum absolute atomic E-state index is 0.00655. The fraction of sp³-hybridized carbons (Fsp3) is 0.947.